The number of rotatable bonds is 6. The normalized spacial score (nSPS) is 11.9. The number of carbonyl (C=O) groups is 2. The predicted octanol–water partition coefficient (Wildman–Crippen LogP) is 4.20. The van der Waals surface area contributed by atoms with E-state index in [1.807, 2.05) is 49.6 Å². The van der Waals surface area contributed by atoms with Gasteiger partial charge in [-0.3, -0.25) is 4.79 Å². The van der Waals surface area contributed by atoms with Gasteiger partial charge >= 0.3 is 5.97 Å². The van der Waals surface area contributed by atoms with Gasteiger partial charge in [0.15, 0.2) is 0 Å². The van der Waals surface area contributed by atoms with Crippen LogP contribution in [0.1, 0.15) is 38.3 Å². The number of esters is 1. The van der Waals surface area contributed by atoms with Crippen molar-refractivity contribution in [1.29, 1.82) is 0 Å². The lowest BCUT2D eigenvalue weighted by atomic mass is 10.1. The molecule has 1 amide bonds. The van der Waals surface area contributed by atoms with Crippen LogP contribution in [0.3, 0.4) is 0 Å². The van der Waals surface area contributed by atoms with Gasteiger partial charge in [-0.05, 0) is 31.4 Å². The Morgan fingerprint density at radius 3 is 2.43 bits per heavy atom. The van der Waals surface area contributed by atoms with E-state index in [2.05, 4.69) is 10.6 Å². The van der Waals surface area contributed by atoms with Crippen LogP contribution < -0.4 is 0 Å². The summed E-state index contributed by atoms with van der Waals surface area (Å²) in [7, 11) is 3.30. The molecule has 0 unspecified atom stereocenters. The molecule has 0 aliphatic carbocycles. The number of aromatic nitrogens is 1. The van der Waals surface area contributed by atoms with Gasteiger partial charge in [-0.15, -0.1) is 11.3 Å². The second-order valence-electron chi connectivity index (χ2n) is 6.88. The molecule has 3 rings (SSSR count). The molecule has 6 heteroatoms. The Kier molecular flexibility index (Phi) is 5.99. The molecule has 0 spiro atoms. The van der Waals surface area contributed by atoms with Crippen LogP contribution in [0.5, 0.6) is 0 Å². The maximum absolute atomic E-state index is 12.9. The van der Waals surface area contributed by atoms with Crippen molar-refractivity contribution in [3.63, 3.8) is 0 Å². The summed E-state index contributed by atoms with van der Waals surface area (Å²) in [5, 5.41) is 2.04. The highest BCUT2D eigenvalue weighted by Crippen LogP contribution is 2.24. The highest BCUT2D eigenvalue weighted by molar-refractivity contribution is 7.09. The summed E-state index contributed by atoms with van der Waals surface area (Å²) >= 11 is 1.68. The lowest BCUT2D eigenvalue weighted by Crippen LogP contribution is -2.31. The first kappa shape index (κ1) is 19.9. The number of benzene rings is 1. The molecule has 146 valence electrons. The Labute approximate surface area is 169 Å². The monoisotopic (exact) mass is 396 g/mol. The Bertz CT molecular complexity index is 959. The first-order valence-corrected chi connectivity index (χ1v) is 9.92. The topological polar surface area (TPSA) is 51.5 Å². The number of hydrogen-bond acceptors (Lipinski definition) is 4. The standard InChI is InChI=1S/C22H24N2O3S/c1-15-13-19(16(2)24(15)14-18-11-8-12-28-18)22(26)27-20(21(25)23(3)4)17-9-6-5-7-10-17/h5-13,20H,14H2,1-4H3/t20-/m1/s1. The molecule has 0 aliphatic rings. The van der Waals surface area contributed by atoms with Gasteiger partial charge in [-0.1, -0.05) is 36.4 Å². The van der Waals surface area contributed by atoms with Gasteiger partial charge in [-0.25, -0.2) is 4.79 Å². The molecule has 3 aromatic rings. The van der Waals surface area contributed by atoms with Gasteiger partial charge < -0.3 is 14.2 Å². The van der Waals surface area contributed by atoms with Gasteiger partial charge in [0.2, 0.25) is 6.10 Å². The van der Waals surface area contributed by atoms with Crippen molar-refractivity contribution in [2.24, 2.45) is 0 Å². The summed E-state index contributed by atoms with van der Waals surface area (Å²) in [4.78, 5) is 28.2. The summed E-state index contributed by atoms with van der Waals surface area (Å²) in [5.74, 6) is -0.762. The lowest BCUT2D eigenvalue weighted by molar-refractivity contribution is -0.138. The van der Waals surface area contributed by atoms with Crippen molar-refractivity contribution in [3.05, 3.63) is 81.3 Å². The molecular formula is C22H24N2O3S. The SMILES string of the molecule is Cc1cc(C(=O)O[C@@H](C(=O)N(C)C)c2ccccc2)c(C)n1Cc1cccs1. The number of likely N-dealkylation sites (N-methyl/N-ethyl adjacent to an activating group) is 1. The van der Waals surface area contributed by atoms with E-state index in [1.54, 1.807) is 37.6 Å². The maximum atomic E-state index is 12.9. The number of thiophene rings is 1. The molecule has 0 saturated carbocycles. The van der Waals surface area contributed by atoms with Gasteiger partial charge in [-0.2, -0.15) is 0 Å². The number of amides is 1. The summed E-state index contributed by atoms with van der Waals surface area (Å²) in [5.41, 5.74) is 2.96. The van der Waals surface area contributed by atoms with Crippen LogP contribution in [0.25, 0.3) is 0 Å². The molecular weight excluding hydrogens is 372 g/mol. The van der Waals surface area contributed by atoms with E-state index in [4.69, 9.17) is 4.74 Å². The van der Waals surface area contributed by atoms with Crippen LogP contribution in [0, 0.1) is 13.8 Å². The summed E-state index contributed by atoms with van der Waals surface area (Å²) in [6.07, 6.45) is -0.968. The average molecular weight is 397 g/mol. The second kappa shape index (κ2) is 8.44. The molecule has 0 radical (unpaired) electrons. The third-order valence-corrected chi connectivity index (χ3v) is 5.54. The second-order valence-corrected chi connectivity index (χ2v) is 7.91. The molecule has 0 fully saturated rings. The van der Waals surface area contributed by atoms with Crippen molar-refractivity contribution >= 4 is 23.2 Å². The van der Waals surface area contributed by atoms with E-state index in [0.29, 0.717) is 17.7 Å². The van der Waals surface area contributed by atoms with Crippen molar-refractivity contribution < 1.29 is 14.3 Å². The largest absolute Gasteiger partial charge is 0.444 e. The molecule has 0 saturated heterocycles. The van der Waals surface area contributed by atoms with Gasteiger partial charge in [0.1, 0.15) is 0 Å². The number of nitrogens with zero attached hydrogens (tertiary/aromatic N) is 2. The maximum Gasteiger partial charge on any atom is 0.341 e. The van der Waals surface area contributed by atoms with Crippen LogP contribution in [-0.2, 0) is 16.1 Å². The fourth-order valence-electron chi connectivity index (χ4n) is 3.10. The molecule has 28 heavy (non-hydrogen) atoms. The predicted molar refractivity (Wildman–Crippen MR) is 111 cm³/mol. The minimum Gasteiger partial charge on any atom is -0.444 e. The molecule has 2 heterocycles. The Morgan fingerprint density at radius 1 is 1.11 bits per heavy atom. The third-order valence-electron chi connectivity index (χ3n) is 4.68. The van der Waals surface area contributed by atoms with E-state index in [0.717, 1.165) is 11.4 Å². The zero-order chi connectivity index (χ0) is 20.3. The van der Waals surface area contributed by atoms with Crippen molar-refractivity contribution in [3.8, 4) is 0 Å². The van der Waals surface area contributed by atoms with E-state index in [-0.39, 0.29) is 5.91 Å². The minimum atomic E-state index is -0.968. The van der Waals surface area contributed by atoms with E-state index in [1.165, 1.54) is 9.78 Å². The van der Waals surface area contributed by atoms with Crippen molar-refractivity contribution in [2.75, 3.05) is 14.1 Å². The first-order chi connectivity index (χ1) is 13.4. The summed E-state index contributed by atoms with van der Waals surface area (Å²) < 4.78 is 7.78. The third kappa shape index (κ3) is 4.17. The Morgan fingerprint density at radius 2 is 1.82 bits per heavy atom. The molecule has 0 aliphatic heterocycles. The van der Waals surface area contributed by atoms with E-state index >= 15 is 0 Å². The minimum absolute atomic E-state index is 0.271. The van der Waals surface area contributed by atoms with Crippen LogP contribution in [0.15, 0.2) is 53.9 Å². The highest BCUT2D eigenvalue weighted by Gasteiger charge is 2.28. The smallest absolute Gasteiger partial charge is 0.341 e. The molecule has 0 bridgehead atoms. The van der Waals surface area contributed by atoms with Gasteiger partial charge in [0, 0.05) is 35.9 Å². The number of hydrogen-bond donors (Lipinski definition) is 0. The zero-order valence-corrected chi connectivity index (χ0v) is 17.3. The van der Waals surface area contributed by atoms with Crippen LogP contribution in [-0.4, -0.2) is 35.4 Å². The summed E-state index contributed by atoms with van der Waals surface area (Å²) in [6, 6.07) is 15.0. The van der Waals surface area contributed by atoms with E-state index < -0.39 is 12.1 Å². The number of carbonyl (C=O) groups excluding carboxylic acids is 2. The molecule has 2 aromatic heterocycles. The number of ether oxygens (including phenoxy) is 1. The van der Waals surface area contributed by atoms with Crippen LogP contribution in [0.2, 0.25) is 0 Å². The van der Waals surface area contributed by atoms with Crippen LogP contribution in [0.4, 0.5) is 0 Å². The zero-order valence-electron chi connectivity index (χ0n) is 16.5. The highest BCUT2D eigenvalue weighted by atomic mass is 32.1. The Hall–Kier alpha value is -2.86. The quantitative estimate of drug-likeness (QED) is 0.587. The van der Waals surface area contributed by atoms with E-state index in [9.17, 15) is 9.59 Å². The lowest BCUT2D eigenvalue weighted by Gasteiger charge is -2.21. The molecule has 1 aromatic carbocycles. The molecule has 5 nitrogen and oxygen atoms in total. The summed E-state index contributed by atoms with van der Waals surface area (Å²) in [6.45, 7) is 4.58. The van der Waals surface area contributed by atoms with Gasteiger partial charge in [0.05, 0.1) is 12.1 Å². The fourth-order valence-corrected chi connectivity index (χ4v) is 3.80. The fraction of sp³-hybridized carbons (Fsp3) is 0.273. The van der Waals surface area contributed by atoms with Crippen LogP contribution >= 0.6 is 11.3 Å². The van der Waals surface area contributed by atoms with Crippen molar-refractivity contribution in [1.82, 2.24) is 9.47 Å². The number of aryl methyl sites for hydroxylation is 1. The average Bonchev–Trinajstić information content (AvgIpc) is 3.30. The molecule has 1 atom stereocenters. The first-order valence-electron chi connectivity index (χ1n) is 9.04. The van der Waals surface area contributed by atoms with Gasteiger partial charge in [0.25, 0.3) is 5.91 Å². The van der Waals surface area contributed by atoms with Crippen molar-refractivity contribution in [2.45, 2.75) is 26.5 Å². The molecule has 0 N–H and O–H groups in total. The Balaban J connectivity index is 1.87.